The average molecular weight is 1780 g/mol. The summed E-state index contributed by atoms with van der Waals surface area (Å²) in [7, 11) is 4.00. The molecule has 11 aromatic carbocycles. The molecule has 0 aliphatic heterocycles. The number of carbonyl (C=O) groups is 5. The molecule has 1 fully saturated rings. The lowest BCUT2D eigenvalue weighted by Crippen LogP contribution is -2.20. The monoisotopic (exact) mass is 1780 g/mol. The Morgan fingerprint density at radius 2 is 0.612 bits per heavy atom. The molecule has 4 aromatic heterocycles. The van der Waals surface area contributed by atoms with E-state index in [0.29, 0.717) is 134 Å². The molecule has 0 bridgehead atoms. The molecule has 674 valence electrons. The van der Waals surface area contributed by atoms with E-state index in [1.807, 2.05) is 260 Å². The molecule has 1 aliphatic carbocycles. The number of hydrogen-bond acceptors (Lipinski definition) is 21. The van der Waals surface area contributed by atoms with Crippen LogP contribution in [0.5, 0.6) is 0 Å². The van der Waals surface area contributed by atoms with Crippen LogP contribution in [0.1, 0.15) is 139 Å². The van der Waals surface area contributed by atoms with Crippen molar-refractivity contribution in [3.8, 4) is 0 Å². The van der Waals surface area contributed by atoms with Gasteiger partial charge in [-0.15, -0.1) is 0 Å². The summed E-state index contributed by atoms with van der Waals surface area (Å²) >= 11 is 0. The molecule has 1 saturated carbocycles. The molecule has 27 nitrogen and oxygen atoms in total. The number of nitrogens with zero attached hydrogens (tertiary/aromatic N) is 9. The zero-order valence-corrected chi connectivity index (χ0v) is 75.6. The Morgan fingerprint density at radius 1 is 0.306 bits per heavy atom. The summed E-state index contributed by atoms with van der Waals surface area (Å²) in [5, 5.41) is 26.9. The molecule has 0 atom stereocenters. The van der Waals surface area contributed by atoms with E-state index in [0.717, 1.165) is 101 Å². The van der Waals surface area contributed by atoms with Crippen LogP contribution in [0.15, 0.2) is 324 Å². The van der Waals surface area contributed by atoms with Crippen LogP contribution in [0.2, 0.25) is 0 Å². The van der Waals surface area contributed by atoms with Gasteiger partial charge >= 0.3 is 6.03 Å². The van der Waals surface area contributed by atoms with Crippen molar-refractivity contribution in [2.45, 2.75) is 73.1 Å². The molecule has 1 aliphatic rings. The highest BCUT2D eigenvalue weighted by Crippen LogP contribution is 2.36. The maximum atomic E-state index is 13.0. The Labute approximate surface area is 779 Å². The Hall–Kier alpha value is -17.5. The minimum Gasteiger partial charge on any atom is -0.399 e. The Bertz CT molecular complexity index is 6760. The predicted octanol–water partition coefficient (Wildman–Crippen LogP) is 20.4. The Morgan fingerprint density at radius 3 is 0.970 bits per heavy atom. The van der Waals surface area contributed by atoms with Gasteiger partial charge in [-0.25, -0.2) is 44.7 Å². The second-order valence-corrected chi connectivity index (χ2v) is 32.6. The summed E-state index contributed by atoms with van der Waals surface area (Å²) in [6, 6.07) is 77.5. The molecule has 6 amide bonds. The first kappa shape index (κ1) is 94.1. The zero-order chi connectivity index (χ0) is 94.7. The maximum absolute atomic E-state index is 13.0. The van der Waals surface area contributed by atoms with Crippen LogP contribution in [0, 0.1) is 40.5 Å². The van der Waals surface area contributed by atoms with Crippen molar-refractivity contribution in [1.82, 2.24) is 39.9 Å². The third-order valence-electron chi connectivity index (χ3n) is 21.3. The van der Waals surface area contributed by atoms with Crippen molar-refractivity contribution in [2.24, 2.45) is 5.92 Å². The fraction of sp³-hybridized carbons (Fsp3) is 0.131. The fourth-order valence-corrected chi connectivity index (χ4v) is 14.0. The summed E-state index contributed by atoms with van der Waals surface area (Å²) in [5.74, 6) is 2.15. The second-order valence-electron chi connectivity index (χ2n) is 32.6. The van der Waals surface area contributed by atoms with E-state index >= 15 is 0 Å². The van der Waals surface area contributed by atoms with Gasteiger partial charge in [0.05, 0.1) is 72.3 Å². The Kier molecular flexibility index (Phi) is 31.6. The first-order valence-electron chi connectivity index (χ1n) is 43.2. The fourth-order valence-electron chi connectivity index (χ4n) is 14.0. The molecule has 0 radical (unpaired) electrons. The highest BCUT2D eigenvalue weighted by Gasteiger charge is 2.25. The molecule has 134 heavy (non-hydrogen) atoms. The average Bonchev–Trinajstić information content (AvgIpc) is 1.15. The lowest BCUT2D eigenvalue weighted by Gasteiger charge is -2.16. The van der Waals surface area contributed by atoms with Gasteiger partial charge in [0, 0.05) is 136 Å². The summed E-state index contributed by atoms with van der Waals surface area (Å²) in [6.45, 7) is 22.0. The topological polar surface area (TPSA) is 404 Å². The summed E-state index contributed by atoms with van der Waals surface area (Å²) in [5.41, 5.74) is 48.3. The van der Waals surface area contributed by atoms with Gasteiger partial charge in [0.15, 0.2) is 0 Å². The highest BCUT2D eigenvalue weighted by atomic mass is 16.2. The highest BCUT2D eigenvalue weighted by molar-refractivity contribution is 6.09. The van der Waals surface area contributed by atoms with Crippen molar-refractivity contribution in [1.29, 1.82) is 0 Å². The number of nitrogens with one attached hydrogen (secondary N) is 9. The number of aryl methyl sites for hydroxylation is 5. The molecular formula is C107H106N22O5. The van der Waals surface area contributed by atoms with E-state index in [1.54, 1.807) is 79.9 Å². The molecule has 27 heteroatoms. The van der Waals surface area contributed by atoms with Crippen molar-refractivity contribution >= 4 is 121 Å². The van der Waals surface area contributed by atoms with Gasteiger partial charge in [0.2, 0.25) is 0 Å². The third-order valence-corrected chi connectivity index (χ3v) is 21.3. The summed E-state index contributed by atoms with van der Waals surface area (Å²) < 4.78 is 0. The number of aromatic nitrogens is 8. The number of rotatable bonds is 28. The number of anilines is 14. The first-order chi connectivity index (χ1) is 64.6. The number of hydrogen-bond donors (Lipinski definition) is 13. The maximum Gasteiger partial charge on any atom is 0.323 e. The number of amides is 6. The van der Waals surface area contributed by atoms with Gasteiger partial charge < -0.3 is 75.7 Å². The third kappa shape index (κ3) is 28.3. The normalized spacial score (nSPS) is 11.0. The van der Waals surface area contributed by atoms with Crippen molar-refractivity contribution < 1.29 is 24.0 Å². The lowest BCUT2D eigenvalue weighted by atomic mass is 10.1. The van der Waals surface area contributed by atoms with Crippen LogP contribution >= 0.6 is 0 Å². The van der Waals surface area contributed by atoms with E-state index < -0.39 is 6.03 Å². The molecule has 16 rings (SSSR count). The Balaban J connectivity index is 0.000000152. The molecule has 15 aromatic rings. The van der Waals surface area contributed by atoms with E-state index in [1.165, 1.54) is 12.8 Å². The molecule has 4 heterocycles. The van der Waals surface area contributed by atoms with E-state index in [-0.39, 0.29) is 23.6 Å². The number of nitrogens with two attached hydrogens (primary N) is 4. The SMILES string of the molecule is C=C(Nc1ccc(C)c(C(=O)Nc2cnc(Cc3cccc(N)c3)nc2)c1)C1CC1.C=C(Nc1ccc(C)c(C(=O)Nc2cnc(Cc3cccc(N)c3)nc2)c1)c1cccc(N(C)C)c1.C=C(Nc1cccc(C(=O)Nc2cnc(Cc3cccc(N)c3)nc2)c1)c1cccc(C)c1.Cc1cccc(NC(=O)Nc2ccc(C)c(C(=O)Nc3cnc(Cc4cccc(N)c4)nc3)c2)c1. The van der Waals surface area contributed by atoms with Gasteiger partial charge in [-0.2, -0.15) is 0 Å². The molecule has 0 saturated heterocycles. The molecule has 0 spiro atoms. The molecule has 17 N–H and O–H groups in total. The van der Waals surface area contributed by atoms with Gasteiger partial charge in [-0.1, -0.05) is 141 Å². The number of carbonyl (C=O) groups excluding carboxylic acids is 5. The summed E-state index contributed by atoms with van der Waals surface area (Å²) in [4.78, 5) is 101. The summed E-state index contributed by atoms with van der Waals surface area (Å²) in [6.07, 6.45) is 17.4. The van der Waals surface area contributed by atoms with E-state index in [9.17, 15) is 24.0 Å². The van der Waals surface area contributed by atoms with Crippen LogP contribution in [-0.2, 0) is 25.7 Å². The van der Waals surface area contributed by atoms with Crippen LogP contribution < -0.4 is 75.7 Å². The van der Waals surface area contributed by atoms with Crippen LogP contribution in [0.4, 0.5) is 84.4 Å². The zero-order valence-electron chi connectivity index (χ0n) is 75.6. The van der Waals surface area contributed by atoms with Crippen LogP contribution in [0.25, 0.3) is 11.4 Å². The lowest BCUT2D eigenvalue weighted by molar-refractivity contribution is 0.101. The van der Waals surface area contributed by atoms with Gasteiger partial charge in [0.25, 0.3) is 23.6 Å². The largest absolute Gasteiger partial charge is 0.399 e. The second kappa shape index (κ2) is 45.0. The number of urea groups is 1. The number of benzene rings is 11. The van der Waals surface area contributed by atoms with Crippen LogP contribution in [-0.4, -0.2) is 83.6 Å². The quantitative estimate of drug-likeness (QED) is 0.0203. The molecule has 0 unspecified atom stereocenters. The predicted molar refractivity (Wildman–Crippen MR) is 541 cm³/mol. The number of nitrogen functional groups attached to an aromatic ring is 4. The van der Waals surface area contributed by atoms with Crippen molar-refractivity contribution in [2.75, 3.05) is 89.8 Å². The van der Waals surface area contributed by atoms with E-state index in [2.05, 4.69) is 120 Å². The van der Waals surface area contributed by atoms with Gasteiger partial charge in [-0.05, 0) is 242 Å². The standard InChI is InChI=1S/C29H30N6O.C27H26N6O2.C27H25N5O.C24H25N5O/c1-19-11-12-24(33-20(2)22-8-6-10-26(15-22)35(3)4)16-27(19)29(36)34-25-17-31-28(32-18-25)14-21-7-5-9-23(30)13-21;1-17-5-3-8-21(11-17)32-27(35)33-22-10-9-18(2)24(14-22)26(34)31-23-15-29-25(30-16-23)13-19-6-4-7-20(28)12-19;1-18-6-3-8-21(12-18)19(2)31-24-11-5-9-22(15-24)27(33)32-25-16-29-26(30-17-25)14-20-7-4-10-23(28)13-20;1-15-6-9-20(28-16(2)18-7-8-18)12-22(15)24(30)29-21-13-26-23(27-14-21)11-17-4-3-5-19(25)10-17/h5-13,15-18,33H,2,14,30H2,1,3-4H3,(H,34,36);3-12,14-16H,13,28H2,1-2H3,(H,31,34)(H2,32,33,35);3-13,15-17,31H,2,14,28H2,1H3,(H,32,33);3-6,9-10,12-14,18,28H,2,7-8,11,25H2,1H3,(H,29,30). The van der Waals surface area contributed by atoms with E-state index in [4.69, 9.17) is 22.9 Å². The van der Waals surface area contributed by atoms with Gasteiger partial charge in [0.1, 0.15) is 23.3 Å². The van der Waals surface area contributed by atoms with Crippen LogP contribution in [0.3, 0.4) is 0 Å². The van der Waals surface area contributed by atoms with Crippen molar-refractivity contribution in [3.63, 3.8) is 0 Å². The first-order valence-corrected chi connectivity index (χ1v) is 43.2. The van der Waals surface area contributed by atoms with Gasteiger partial charge in [-0.3, -0.25) is 19.2 Å². The minimum atomic E-state index is -0.394. The smallest absolute Gasteiger partial charge is 0.323 e. The number of allylic oxidation sites excluding steroid dienone is 1. The van der Waals surface area contributed by atoms with Crippen molar-refractivity contribution in [3.05, 3.63) is 430 Å². The minimum absolute atomic E-state index is 0.194. The molecular weight excluding hydrogens is 1670 g/mol.